The van der Waals surface area contributed by atoms with E-state index in [-0.39, 0.29) is 5.91 Å². The molecule has 0 unspecified atom stereocenters. The van der Waals surface area contributed by atoms with Crippen LogP contribution in [0.15, 0.2) is 47.1 Å². The number of amides is 2. The Kier molecular flexibility index (Phi) is 4.96. The van der Waals surface area contributed by atoms with Crippen LogP contribution < -0.4 is 11.1 Å². The van der Waals surface area contributed by atoms with Crippen molar-refractivity contribution >= 4 is 11.8 Å². The van der Waals surface area contributed by atoms with Gasteiger partial charge in [-0.05, 0) is 42.7 Å². The van der Waals surface area contributed by atoms with Gasteiger partial charge in [-0.15, -0.1) is 0 Å². The largest absolute Gasteiger partial charge is 0.467 e. The van der Waals surface area contributed by atoms with Gasteiger partial charge in [0.2, 0.25) is 11.8 Å². The van der Waals surface area contributed by atoms with Crippen molar-refractivity contribution in [2.45, 2.75) is 32.0 Å². The Hall–Kier alpha value is -2.60. The van der Waals surface area contributed by atoms with Crippen molar-refractivity contribution < 1.29 is 14.0 Å². The molecule has 1 saturated carbocycles. The third-order valence-corrected chi connectivity index (χ3v) is 4.07. The van der Waals surface area contributed by atoms with Crippen LogP contribution in [-0.4, -0.2) is 29.3 Å². The maximum atomic E-state index is 12.2. The second-order valence-corrected chi connectivity index (χ2v) is 6.05. The lowest BCUT2D eigenvalue weighted by molar-refractivity contribution is -0.122. The van der Waals surface area contributed by atoms with Crippen molar-refractivity contribution in [1.82, 2.24) is 10.2 Å². The fourth-order valence-electron chi connectivity index (χ4n) is 2.60. The Bertz CT molecular complexity index is 691. The lowest BCUT2D eigenvalue weighted by Gasteiger charge is -2.21. The minimum atomic E-state index is -0.432. The lowest BCUT2D eigenvalue weighted by Crippen LogP contribution is -2.37. The highest BCUT2D eigenvalue weighted by Gasteiger charge is 2.30. The SMILES string of the molecule is NC(=O)c1ccc(CN(CC(=O)NCc2ccco2)C2CC2)cc1. The van der Waals surface area contributed by atoms with Gasteiger partial charge in [0.15, 0.2) is 0 Å². The van der Waals surface area contributed by atoms with Gasteiger partial charge in [0, 0.05) is 18.2 Å². The zero-order valence-corrected chi connectivity index (χ0v) is 13.4. The molecule has 1 fully saturated rings. The van der Waals surface area contributed by atoms with E-state index in [0.717, 1.165) is 24.2 Å². The summed E-state index contributed by atoms with van der Waals surface area (Å²) in [5.74, 6) is 0.285. The summed E-state index contributed by atoms with van der Waals surface area (Å²) in [6, 6.07) is 11.3. The summed E-state index contributed by atoms with van der Waals surface area (Å²) in [6.07, 6.45) is 3.82. The predicted molar refractivity (Wildman–Crippen MR) is 88.9 cm³/mol. The summed E-state index contributed by atoms with van der Waals surface area (Å²) < 4.78 is 5.21. The molecular weight excluding hydrogens is 306 g/mol. The summed E-state index contributed by atoms with van der Waals surface area (Å²) in [6.45, 7) is 1.43. The molecule has 2 amide bonds. The van der Waals surface area contributed by atoms with Gasteiger partial charge in [-0.2, -0.15) is 0 Å². The number of nitrogens with zero attached hydrogens (tertiary/aromatic N) is 1. The molecule has 0 spiro atoms. The molecule has 1 heterocycles. The van der Waals surface area contributed by atoms with Crippen molar-refractivity contribution in [1.29, 1.82) is 0 Å². The smallest absolute Gasteiger partial charge is 0.248 e. The third kappa shape index (κ3) is 4.45. The van der Waals surface area contributed by atoms with Gasteiger partial charge < -0.3 is 15.5 Å². The topological polar surface area (TPSA) is 88.6 Å². The maximum absolute atomic E-state index is 12.2. The van der Waals surface area contributed by atoms with E-state index in [1.54, 1.807) is 24.5 Å². The Balaban J connectivity index is 1.54. The summed E-state index contributed by atoms with van der Waals surface area (Å²) in [7, 11) is 0. The van der Waals surface area contributed by atoms with E-state index >= 15 is 0 Å². The Morgan fingerprint density at radius 1 is 1.21 bits per heavy atom. The summed E-state index contributed by atoms with van der Waals surface area (Å²) >= 11 is 0. The first-order chi connectivity index (χ1) is 11.6. The first-order valence-corrected chi connectivity index (χ1v) is 8.03. The summed E-state index contributed by atoms with van der Waals surface area (Å²) in [4.78, 5) is 25.4. The normalized spacial score (nSPS) is 13.9. The molecule has 0 atom stereocenters. The van der Waals surface area contributed by atoms with Crippen molar-refractivity contribution in [3.8, 4) is 0 Å². The van der Waals surface area contributed by atoms with E-state index in [1.165, 1.54) is 0 Å². The van der Waals surface area contributed by atoms with E-state index in [2.05, 4.69) is 10.2 Å². The first-order valence-electron chi connectivity index (χ1n) is 8.03. The predicted octanol–water partition coefficient (Wildman–Crippen LogP) is 1.66. The minimum Gasteiger partial charge on any atom is -0.467 e. The van der Waals surface area contributed by atoms with Crippen molar-refractivity contribution in [2.24, 2.45) is 5.73 Å². The summed E-state index contributed by atoms with van der Waals surface area (Å²) in [5, 5.41) is 2.87. The molecule has 0 radical (unpaired) electrons. The van der Waals surface area contributed by atoms with Crippen molar-refractivity contribution in [3.63, 3.8) is 0 Å². The second kappa shape index (κ2) is 7.31. The number of rotatable bonds is 8. The van der Waals surface area contributed by atoms with Gasteiger partial charge in [0.1, 0.15) is 5.76 Å². The van der Waals surface area contributed by atoms with Crippen LogP contribution in [0.25, 0.3) is 0 Å². The molecule has 6 nitrogen and oxygen atoms in total. The minimum absolute atomic E-state index is 0.0212. The third-order valence-electron chi connectivity index (χ3n) is 4.07. The van der Waals surface area contributed by atoms with Gasteiger partial charge in [-0.1, -0.05) is 12.1 Å². The van der Waals surface area contributed by atoms with Crippen LogP contribution in [0.2, 0.25) is 0 Å². The highest BCUT2D eigenvalue weighted by atomic mass is 16.3. The molecule has 2 aromatic rings. The highest BCUT2D eigenvalue weighted by Crippen LogP contribution is 2.28. The molecule has 0 aliphatic heterocycles. The van der Waals surface area contributed by atoms with E-state index in [0.29, 0.717) is 31.2 Å². The first kappa shape index (κ1) is 16.3. The molecule has 3 rings (SSSR count). The zero-order valence-electron chi connectivity index (χ0n) is 13.4. The molecule has 1 aromatic heterocycles. The van der Waals surface area contributed by atoms with Crippen LogP contribution in [0.4, 0.5) is 0 Å². The lowest BCUT2D eigenvalue weighted by atomic mass is 10.1. The molecule has 1 aliphatic rings. The highest BCUT2D eigenvalue weighted by molar-refractivity contribution is 5.92. The molecule has 1 aromatic carbocycles. The average molecular weight is 327 g/mol. The van der Waals surface area contributed by atoms with Gasteiger partial charge in [-0.3, -0.25) is 14.5 Å². The van der Waals surface area contributed by atoms with Crippen molar-refractivity contribution in [2.75, 3.05) is 6.54 Å². The number of hydrogen-bond acceptors (Lipinski definition) is 4. The van der Waals surface area contributed by atoms with Gasteiger partial charge >= 0.3 is 0 Å². The molecule has 3 N–H and O–H groups in total. The zero-order chi connectivity index (χ0) is 16.9. The van der Waals surface area contributed by atoms with Gasteiger partial charge in [0.05, 0.1) is 19.4 Å². The fourth-order valence-corrected chi connectivity index (χ4v) is 2.60. The molecule has 0 saturated heterocycles. The van der Waals surface area contributed by atoms with E-state index < -0.39 is 5.91 Å². The number of furan rings is 1. The number of nitrogens with one attached hydrogen (secondary N) is 1. The van der Waals surface area contributed by atoms with Crippen LogP contribution in [0.5, 0.6) is 0 Å². The maximum Gasteiger partial charge on any atom is 0.248 e. The Morgan fingerprint density at radius 3 is 2.54 bits per heavy atom. The summed E-state index contributed by atoms with van der Waals surface area (Å²) in [5.41, 5.74) is 6.81. The van der Waals surface area contributed by atoms with Gasteiger partial charge in [0.25, 0.3) is 0 Å². The number of carbonyl (C=O) groups excluding carboxylic acids is 2. The molecule has 24 heavy (non-hydrogen) atoms. The van der Waals surface area contributed by atoms with Crippen molar-refractivity contribution in [3.05, 3.63) is 59.5 Å². The average Bonchev–Trinajstić information content (AvgIpc) is 3.29. The standard InChI is InChI=1S/C18H21N3O3/c19-18(23)14-5-3-13(4-6-14)11-21(15-7-8-15)12-17(22)20-10-16-2-1-9-24-16/h1-6,9,15H,7-8,10-12H2,(H2,19,23)(H,20,22). The number of benzene rings is 1. The Morgan fingerprint density at radius 2 is 1.96 bits per heavy atom. The molecule has 126 valence electrons. The van der Waals surface area contributed by atoms with Gasteiger partial charge in [-0.25, -0.2) is 0 Å². The molecule has 1 aliphatic carbocycles. The second-order valence-electron chi connectivity index (χ2n) is 6.05. The molecule has 0 bridgehead atoms. The van der Waals surface area contributed by atoms with Crippen LogP contribution in [-0.2, 0) is 17.9 Å². The van der Waals surface area contributed by atoms with Crippen LogP contribution >= 0.6 is 0 Å². The fraction of sp³-hybridized carbons (Fsp3) is 0.333. The number of nitrogens with two attached hydrogens (primary N) is 1. The van der Waals surface area contributed by atoms with E-state index in [9.17, 15) is 9.59 Å². The van der Waals surface area contributed by atoms with Crippen LogP contribution in [0.3, 0.4) is 0 Å². The number of hydrogen-bond donors (Lipinski definition) is 2. The monoisotopic (exact) mass is 327 g/mol. The Labute approximate surface area is 140 Å². The van der Waals surface area contributed by atoms with Crippen LogP contribution in [0.1, 0.15) is 34.5 Å². The number of primary amides is 1. The quantitative estimate of drug-likeness (QED) is 0.772. The number of carbonyl (C=O) groups is 2. The molecule has 6 heteroatoms. The van der Waals surface area contributed by atoms with E-state index in [4.69, 9.17) is 10.2 Å². The van der Waals surface area contributed by atoms with Crippen LogP contribution in [0, 0.1) is 0 Å². The van der Waals surface area contributed by atoms with E-state index in [1.807, 2.05) is 18.2 Å². The molecular formula is C18H21N3O3.